The number of nitrogens with zero attached hydrogens (tertiary/aromatic N) is 1. The first kappa shape index (κ1) is 11.8. The highest BCUT2D eigenvalue weighted by Crippen LogP contribution is 2.31. The second-order valence-corrected chi connectivity index (χ2v) is 4.45. The van der Waals surface area contributed by atoms with Gasteiger partial charge in [-0.2, -0.15) is 0 Å². The van der Waals surface area contributed by atoms with Gasteiger partial charge in [0.2, 0.25) is 0 Å². The number of aromatic nitrogens is 1. The average molecular weight is 258 g/mol. The summed E-state index contributed by atoms with van der Waals surface area (Å²) in [5.41, 5.74) is 8.29. The van der Waals surface area contributed by atoms with E-state index in [9.17, 15) is 4.79 Å². The van der Waals surface area contributed by atoms with E-state index in [4.69, 9.17) is 15.2 Å². The molecule has 0 fully saturated rings. The van der Waals surface area contributed by atoms with Crippen LogP contribution in [0.2, 0.25) is 0 Å². The van der Waals surface area contributed by atoms with E-state index in [0.717, 1.165) is 16.9 Å². The number of nitrogen functional groups attached to an aromatic ring is 1. The second-order valence-electron chi connectivity index (χ2n) is 4.45. The summed E-state index contributed by atoms with van der Waals surface area (Å²) >= 11 is 0. The van der Waals surface area contributed by atoms with Gasteiger partial charge in [-0.3, -0.25) is 4.79 Å². The van der Waals surface area contributed by atoms with Gasteiger partial charge in [0.1, 0.15) is 5.75 Å². The maximum absolute atomic E-state index is 11.7. The van der Waals surface area contributed by atoms with E-state index < -0.39 is 0 Å². The largest absolute Gasteiger partial charge is 0.467 e. The van der Waals surface area contributed by atoms with Gasteiger partial charge in [0.25, 0.3) is 5.56 Å². The number of ether oxygens (including phenoxy) is 2. The predicted molar refractivity (Wildman–Crippen MR) is 70.9 cm³/mol. The van der Waals surface area contributed by atoms with E-state index in [2.05, 4.69) is 0 Å². The van der Waals surface area contributed by atoms with Crippen molar-refractivity contribution in [3.8, 4) is 5.75 Å². The first-order valence-corrected chi connectivity index (χ1v) is 6.01. The fraction of sp³-hybridized carbons (Fsp3) is 0.214. The number of hydrogen-bond donors (Lipinski definition) is 1. The zero-order valence-corrected chi connectivity index (χ0v) is 10.3. The van der Waals surface area contributed by atoms with E-state index in [0.29, 0.717) is 18.8 Å². The van der Waals surface area contributed by atoms with Crippen LogP contribution in [0.4, 0.5) is 5.69 Å². The molecule has 1 aliphatic heterocycles. The van der Waals surface area contributed by atoms with Crippen molar-refractivity contribution in [1.29, 1.82) is 0 Å². The molecule has 2 aromatic rings. The zero-order chi connectivity index (χ0) is 13.2. The molecule has 98 valence electrons. The Balaban J connectivity index is 2.03. The van der Waals surface area contributed by atoms with Gasteiger partial charge in [-0.05, 0) is 18.2 Å². The number of fused-ring (bicyclic) bond motifs is 1. The number of rotatable bonds is 2. The SMILES string of the molecule is Nc1cc2c(c(Cn3ccccc3=O)c1)OCOC2. The van der Waals surface area contributed by atoms with E-state index in [1.54, 1.807) is 16.8 Å². The number of anilines is 1. The Morgan fingerprint density at radius 1 is 1.32 bits per heavy atom. The van der Waals surface area contributed by atoms with Crippen molar-refractivity contribution in [2.45, 2.75) is 13.2 Å². The molecule has 1 aromatic carbocycles. The van der Waals surface area contributed by atoms with Gasteiger partial charge in [-0.25, -0.2) is 0 Å². The minimum Gasteiger partial charge on any atom is -0.467 e. The summed E-state index contributed by atoms with van der Waals surface area (Å²) in [5.74, 6) is 0.774. The third-order valence-electron chi connectivity index (χ3n) is 3.05. The smallest absolute Gasteiger partial charge is 0.250 e. The van der Waals surface area contributed by atoms with Crippen LogP contribution >= 0.6 is 0 Å². The van der Waals surface area contributed by atoms with Gasteiger partial charge in [0.15, 0.2) is 6.79 Å². The maximum Gasteiger partial charge on any atom is 0.250 e. The molecular formula is C14H14N2O3. The van der Waals surface area contributed by atoms with Gasteiger partial charge >= 0.3 is 0 Å². The molecule has 0 aliphatic carbocycles. The van der Waals surface area contributed by atoms with Crippen molar-refractivity contribution in [2.75, 3.05) is 12.5 Å². The van der Waals surface area contributed by atoms with Crippen molar-refractivity contribution < 1.29 is 9.47 Å². The van der Waals surface area contributed by atoms with Gasteiger partial charge in [0.05, 0.1) is 13.2 Å². The summed E-state index contributed by atoms with van der Waals surface area (Å²) in [6.07, 6.45) is 1.75. The highest BCUT2D eigenvalue weighted by molar-refractivity contribution is 5.53. The Labute approximate surface area is 110 Å². The third-order valence-corrected chi connectivity index (χ3v) is 3.05. The van der Waals surface area contributed by atoms with E-state index in [-0.39, 0.29) is 12.4 Å². The molecule has 19 heavy (non-hydrogen) atoms. The molecule has 5 heteroatoms. The second kappa shape index (κ2) is 4.78. The summed E-state index contributed by atoms with van der Waals surface area (Å²) < 4.78 is 12.4. The third kappa shape index (κ3) is 2.32. The molecule has 0 amide bonds. The number of hydrogen-bond acceptors (Lipinski definition) is 4. The van der Waals surface area contributed by atoms with Crippen molar-refractivity contribution in [1.82, 2.24) is 4.57 Å². The fourth-order valence-corrected chi connectivity index (χ4v) is 2.22. The van der Waals surface area contributed by atoms with Crippen LogP contribution in [0, 0.1) is 0 Å². The fourth-order valence-electron chi connectivity index (χ4n) is 2.22. The summed E-state index contributed by atoms with van der Waals surface area (Å²) in [6.45, 7) is 1.15. The van der Waals surface area contributed by atoms with Crippen LogP contribution in [0.25, 0.3) is 0 Å². The lowest BCUT2D eigenvalue weighted by Gasteiger charge is -2.21. The Hall–Kier alpha value is -2.27. The lowest BCUT2D eigenvalue weighted by molar-refractivity contribution is -0.0170. The normalized spacial score (nSPS) is 13.7. The summed E-state index contributed by atoms with van der Waals surface area (Å²) in [7, 11) is 0. The van der Waals surface area contributed by atoms with E-state index in [1.807, 2.05) is 18.2 Å². The molecular weight excluding hydrogens is 244 g/mol. The van der Waals surface area contributed by atoms with Gasteiger partial charge in [0, 0.05) is 29.1 Å². The Morgan fingerprint density at radius 2 is 2.21 bits per heavy atom. The maximum atomic E-state index is 11.7. The molecule has 0 saturated carbocycles. The van der Waals surface area contributed by atoms with Crippen LogP contribution in [0.1, 0.15) is 11.1 Å². The van der Waals surface area contributed by atoms with Crippen molar-refractivity contribution in [3.63, 3.8) is 0 Å². The lowest BCUT2D eigenvalue weighted by atomic mass is 10.1. The van der Waals surface area contributed by atoms with Gasteiger partial charge in [-0.1, -0.05) is 6.07 Å². The molecule has 0 atom stereocenters. The van der Waals surface area contributed by atoms with Crippen LogP contribution < -0.4 is 16.0 Å². The molecule has 1 aromatic heterocycles. The molecule has 2 heterocycles. The van der Waals surface area contributed by atoms with Crippen LogP contribution in [0.3, 0.4) is 0 Å². The predicted octanol–water partition coefficient (Wildman–Crippen LogP) is 1.35. The van der Waals surface area contributed by atoms with E-state index in [1.165, 1.54) is 6.07 Å². The molecule has 0 unspecified atom stereocenters. The van der Waals surface area contributed by atoms with Crippen LogP contribution in [-0.4, -0.2) is 11.4 Å². The van der Waals surface area contributed by atoms with E-state index >= 15 is 0 Å². The summed E-state index contributed by atoms with van der Waals surface area (Å²) in [4.78, 5) is 11.7. The van der Waals surface area contributed by atoms with Crippen molar-refractivity contribution in [3.05, 3.63) is 58.0 Å². The highest BCUT2D eigenvalue weighted by Gasteiger charge is 2.16. The molecule has 0 spiro atoms. The van der Waals surface area contributed by atoms with Crippen molar-refractivity contribution in [2.24, 2.45) is 0 Å². The Bertz CT molecular complexity index is 664. The molecule has 3 rings (SSSR count). The Kier molecular flexibility index (Phi) is 2.97. The first-order valence-electron chi connectivity index (χ1n) is 6.01. The summed E-state index contributed by atoms with van der Waals surface area (Å²) in [5, 5.41) is 0. The minimum atomic E-state index is -0.0502. The Morgan fingerprint density at radius 3 is 3.05 bits per heavy atom. The number of benzene rings is 1. The quantitative estimate of drug-likeness (QED) is 0.826. The van der Waals surface area contributed by atoms with Crippen LogP contribution in [0.5, 0.6) is 5.75 Å². The lowest BCUT2D eigenvalue weighted by Crippen LogP contribution is -2.20. The molecule has 0 saturated heterocycles. The van der Waals surface area contributed by atoms with Crippen molar-refractivity contribution >= 4 is 5.69 Å². The highest BCUT2D eigenvalue weighted by atomic mass is 16.7. The molecule has 5 nitrogen and oxygen atoms in total. The summed E-state index contributed by atoms with van der Waals surface area (Å²) in [6, 6.07) is 8.75. The first-order chi connectivity index (χ1) is 9.24. The minimum absolute atomic E-state index is 0.0502. The topological polar surface area (TPSA) is 66.5 Å². The van der Waals surface area contributed by atoms with Gasteiger partial charge < -0.3 is 19.8 Å². The van der Waals surface area contributed by atoms with Crippen LogP contribution in [0.15, 0.2) is 41.3 Å². The molecule has 2 N–H and O–H groups in total. The molecule has 0 bridgehead atoms. The monoisotopic (exact) mass is 258 g/mol. The molecule has 0 radical (unpaired) electrons. The van der Waals surface area contributed by atoms with Crippen LogP contribution in [-0.2, 0) is 17.9 Å². The standard InChI is InChI=1S/C14H14N2O3/c15-12-5-10(7-16-4-2-1-3-13(16)17)14-11(6-12)8-18-9-19-14/h1-6H,7-9,15H2. The number of pyridine rings is 1. The van der Waals surface area contributed by atoms with Gasteiger partial charge in [-0.15, -0.1) is 0 Å². The zero-order valence-electron chi connectivity index (χ0n) is 10.3. The number of nitrogens with two attached hydrogens (primary N) is 1. The molecule has 1 aliphatic rings. The average Bonchev–Trinajstić information content (AvgIpc) is 2.41.